The van der Waals surface area contributed by atoms with E-state index in [1.54, 1.807) is 4.90 Å². The van der Waals surface area contributed by atoms with Gasteiger partial charge >= 0.3 is 0 Å². The number of nitrogens with zero attached hydrogens (tertiary/aromatic N) is 1. The highest BCUT2D eigenvalue weighted by Gasteiger charge is 2.23. The molecule has 1 fully saturated rings. The number of carbonyl (C=O) groups is 1. The van der Waals surface area contributed by atoms with Crippen LogP contribution in [-0.2, 0) is 4.79 Å². The number of hydrogen-bond donors (Lipinski definition) is 2. The van der Waals surface area contributed by atoms with Crippen LogP contribution in [0.3, 0.4) is 0 Å². The standard InChI is InChI=1S/C6H13N3O/c7-4-6(10)9-3-1-2-5(9)8/h5H,1-4,7-8H2. The third-order valence-corrected chi connectivity index (χ3v) is 1.79. The molecule has 1 heterocycles. The van der Waals surface area contributed by atoms with E-state index in [1.807, 2.05) is 0 Å². The van der Waals surface area contributed by atoms with Gasteiger partial charge in [-0.05, 0) is 12.8 Å². The maximum Gasteiger partial charge on any atom is 0.237 e. The Kier molecular flexibility index (Phi) is 2.24. The summed E-state index contributed by atoms with van der Waals surface area (Å²) >= 11 is 0. The van der Waals surface area contributed by atoms with E-state index in [0.717, 1.165) is 19.4 Å². The molecular formula is C6H13N3O. The molecular weight excluding hydrogens is 130 g/mol. The molecule has 4 nitrogen and oxygen atoms in total. The van der Waals surface area contributed by atoms with Gasteiger partial charge in [0.25, 0.3) is 0 Å². The molecule has 0 aromatic carbocycles. The van der Waals surface area contributed by atoms with Gasteiger partial charge in [0.15, 0.2) is 0 Å². The predicted octanol–water partition coefficient (Wildman–Crippen LogP) is -1.15. The van der Waals surface area contributed by atoms with Crippen molar-refractivity contribution >= 4 is 5.91 Å². The van der Waals surface area contributed by atoms with E-state index in [9.17, 15) is 4.79 Å². The van der Waals surface area contributed by atoms with Gasteiger partial charge in [0.1, 0.15) is 0 Å². The molecule has 1 aliphatic heterocycles. The second-order valence-electron chi connectivity index (χ2n) is 2.50. The van der Waals surface area contributed by atoms with Gasteiger partial charge in [0, 0.05) is 6.54 Å². The number of carbonyl (C=O) groups excluding carboxylic acids is 1. The lowest BCUT2D eigenvalue weighted by Gasteiger charge is -2.19. The lowest BCUT2D eigenvalue weighted by atomic mass is 10.3. The monoisotopic (exact) mass is 143 g/mol. The fraction of sp³-hybridized carbons (Fsp3) is 0.833. The number of rotatable bonds is 1. The summed E-state index contributed by atoms with van der Waals surface area (Å²) in [6, 6.07) is 0. The fourth-order valence-corrected chi connectivity index (χ4v) is 1.22. The summed E-state index contributed by atoms with van der Waals surface area (Å²) in [5, 5.41) is 0. The SMILES string of the molecule is NCC(=O)N1CCCC1N. The minimum Gasteiger partial charge on any atom is -0.326 e. The predicted molar refractivity (Wildman–Crippen MR) is 38.0 cm³/mol. The Bertz CT molecular complexity index is 137. The highest BCUT2D eigenvalue weighted by Crippen LogP contribution is 2.11. The van der Waals surface area contributed by atoms with Crippen LogP contribution in [0.1, 0.15) is 12.8 Å². The van der Waals surface area contributed by atoms with Crippen LogP contribution in [-0.4, -0.2) is 30.1 Å². The molecule has 4 heteroatoms. The summed E-state index contributed by atoms with van der Waals surface area (Å²) in [4.78, 5) is 12.6. The van der Waals surface area contributed by atoms with Crippen molar-refractivity contribution in [3.8, 4) is 0 Å². The summed E-state index contributed by atoms with van der Waals surface area (Å²) in [7, 11) is 0. The van der Waals surface area contributed by atoms with E-state index in [4.69, 9.17) is 11.5 Å². The molecule has 1 rings (SSSR count). The Morgan fingerprint density at radius 2 is 2.40 bits per heavy atom. The molecule has 0 saturated carbocycles. The average molecular weight is 143 g/mol. The summed E-state index contributed by atoms with van der Waals surface area (Å²) in [5.41, 5.74) is 10.8. The highest BCUT2D eigenvalue weighted by molar-refractivity contribution is 5.78. The van der Waals surface area contributed by atoms with Gasteiger partial charge in [-0.2, -0.15) is 0 Å². The van der Waals surface area contributed by atoms with Crippen LogP contribution in [0, 0.1) is 0 Å². The first-order valence-electron chi connectivity index (χ1n) is 3.51. The molecule has 1 amide bonds. The van der Waals surface area contributed by atoms with Crippen molar-refractivity contribution in [3.63, 3.8) is 0 Å². The van der Waals surface area contributed by atoms with Crippen molar-refractivity contribution in [1.82, 2.24) is 4.90 Å². The lowest BCUT2D eigenvalue weighted by molar-refractivity contribution is -0.130. The average Bonchev–Trinajstić information content (AvgIpc) is 2.34. The Morgan fingerprint density at radius 3 is 2.80 bits per heavy atom. The summed E-state index contributed by atoms with van der Waals surface area (Å²) in [6.07, 6.45) is 1.83. The molecule has 1 unspecified atom stereocenters. The van der Waals surface area contributed by atoms with Gasteiger partial charge in [-0.15, -0.1) is 0 Å². The molecule has 1 saturated heterocycles. The zero-order valence-corrected chi connectivity index (χ0v) is 5.92. The molecule has 0 spiro atoms. The largest absolute Gasteiger partial charge is 0.326 e. The van der Waals surface area contributed by atoms with Crippen molar-refractivity contribution in [2.24, 2.45) is 11.5 Å². The third kappa shape index (κ3) is 1.27. The molecule has 10 heavy (non-hydrogen) atoms. The maximum atomic E-state index is 10.9. The zero-order valence-electron chi connectivity index (χ0n) is 5.92. The Labute approximate surface area is 60.2 Å². The topological polar surface area (TPSA) is 72.4 Å². The van der Waals surface area contributed by atoms with Crippen LogP contribution >= 0.6 is 0 Å². The zero-order chi connectivity index (χ0) is 7.56. The smallest absolute Gasteiger partial charge is 0.237 e. The van der Waals surface area contributed by atoms with Gasteiger partial charge in [-0.3, -0.25) is 4.79 Å². The molecule has 0 aromatic rings. The van der Waals surface area contributed by atoms with Gasteiger partial charge in [-0.1, -0.05) is 0 Å². The first-order valence-corrected chi connectivity index (χ1v) is 3.51. The number of likely N-dealkylation sites (tertiary alicyclic amines) is 1. The van der Waals surface area contributed by atoms with Crippen LogP contribution in [0.4, 0.5) is 0 Å². The minimum atomic E-state index is -0.0870. The van der Waals surface area contributed by atoms with Crippen molar-refractivity contribution in [1.29, 1.82) is 0 Å². The van der Waals surface area contributed by atoms with Crippen LogP contribution in [0.5, 0.6) is 0 Å². The highest BCUT2D eigenvalue weighted by atomic mass is 16.2. The second-order valence-corrected chi connectivity index (χ2v) is 2.50. The minimum absolute atomic E-state index is 0.0370. The molecule has 0 bridgehead atoms. The van der Waals surface area contributed by atoms with Crippen LogP contribution < -0.4 is 11.5 Å². The molecule has 4 N–H and O–H groups in total. The molecule has 58 valence electrons. The van der Waals surface area contributed by atoms with Crippen LogP contribution in [0.15, 0.2) is 0 Å². The maximum absolute atomic E-state index is 10.9. The summed E-state index contributed by atoms with van der Waals surface area (Å²) in [5.74, 6) is -0.0370. The van der Waals surface area contributed by atoms with Crippen molar-refractivity contribution in [2.45, 2.75) is 19.0 Å². The van der Waals surface area contributed by atoms with Crippen LogP contribution in [0.25, 0.3) is 0 Å². The molecule has 1 aliphatic rings. The Morgan fingerprint density at radius 1 is 1.70 bits per heavy atom. The fourth-order valence-electron chi connectivity index (χ4n) is 1.22. The van der Waals surface area contributed by atoms with Gasteiger partial charge in [0.2, 0.25) is 5.91 Å². The van der Waals surface area contributed by atoms with E-state index in [0.29, 0.717) is 0 Å². The van der Waals surface area contributed by atoms with Crippen molar-refractivity contribution in [2.75, 3.05) is 13.1 Å². The van der Waals surface area contributed by atoms with Gasteiger partial charge < -0.3 is 16.4 Å². The van der Waals surface area contributed by atoms with E-state index < -0.39 is 0 Å². The molecule has 0 aliphatic carbocycles. The van der Waals surface area contributed by atoms with E-state index in [-0.39, 0.29) is 18.6 Å². The van der Waals surface area contributed by atoms with Crippen molar-refractivity contribution < 1.29 is 4.79 Å². The quantitative estimate of drug-likeness (QED) is 0.487. The Balaban J connectivity index is 2.46. The number of amides is 1. The number of nitrogens with two attached hydrogens (primary N) is 2. The normalized spacial score (nSPS) is 25.4. The first-order chi connectivity index (χ1) is 4.75. The van der Waals surface area contributed by atoms with Crippen LogP contribution in [0.2, 0.25) is 0 Å². The molecule has 0 aromatic heterocycles. The van der Waals surface area contributed by atoms with E-state index in [1.165, 1.54) is 0 Å². The van der Waals surface area contributed by atoms with E-state index >= 15 is 0 Å². The summed E-state index contributed by atoms with van der Waals surface area (Å²) in [6.45, 7) is 0.852. The molecule has 1 atom stereocenters. The Hall–Kier alpha value is -0.610. The van der Waals surface area contributed by atoms with Crippen molar-refractivity contribution in [3.05, 3.63) is 0 Å². The van der Waals surface area contributed by atoms with Gasteiger partial charge in [-0.25, -0.2) is 0 Å². The lowest BCUT2D eigenvalue weighted by Crippen LogP contribution is -2.43. The van der Waals surface area contributed by atoms with E-state index in [2.05, 4.69) is 0 Å². The third-order valence-electron chi connectivity index (χ3n) is 1.79. The first kappa shape index (κ1) is 7.50. The second kappa shape index (κ2) is 2.98. The summed E-state index contributed by atoms with van der Waals surface area (Å²) < 4.78 is 0. The van der Waals surface area contributed by atoms with Gasteiger partial charge in [0.05, 0.1) is 12.7 Å². The number of hydrogen-bond acceptors (Lipinski definition) is 3. The molecule has 0 radical (unpaired) electrons.